The summed E-state index contributed by atoms with van der Waals surface area (Å²) in [5.74, 6) is 0.873. The van der Waals surface area contributed by atoms with Crippen LogP contribution in [-0.2, 0) is 10.3 Å². The Morgan fingerprint density at radius 3 is 2.56 bits per heavy atom. The van der Waals surface area contributed by atoms with Crippen LogP contribution in [0.1, 0.15) is 37.2 Å². The maximum atomic E-state index is 5.68. The van der Waals surface area contributed by atoms with Crippen LogP contribution in [0.5, 0.6) is 0 Å². The van der Waals surface area contributed by atoms with Gasteiger partial charge in [-0.1, -0.05) is 12.2 Å². The van der Waals surface area contributed by atoms with Gasteiger partial charge >= 0.3 is 0 Å². The second kappa shape index (κ2) is 4.55. The summed E-state index contributed by atoms with van der Waals surface area (Å²) < 4.78 is 7.16. The van der Waals surface area contributed by atoms with Crippen LogP contribution in [-0.4, -0.2) is 17.1 Å². The molecule has 0 radical (unpaired) electrons. The second-order valence-corrected chi connectivity index (χ2v) is 5.41. The van der Waals surface area contributed by atoms with Crippen molar-refractivity contribution in [2.24, 2.45) is 0 Å². The Hall–Kier alpha value is -0.260. The molecule has 0 bridgehead atoms. The molecule has 1 fully saturated rings. The van der Waals surface area contributed by atoms with Crippen molar-refractivity contribution >= 4 is 28.1 Å². The molecular weight excluding hydrogens is 288 g/mol. The van der Waals surface area contributed by atoms with Gasteiger partial charge in [-0.05, 0) is 48.5 Å². The van der Waals surface area contributed by atoms with Crippen molar-refractivity contribution in [3.63, 3.8) is 0 Å². The van der Waals surface area contributed by atoms with Gasteiger partial charge in [0.15, 0.2) is 0 Å². The molecule has 1 aromatic rings. The molecule has 0 aromatic carbocycles. The molecule has 0 unspecified atom stereocenters. The number of hydrogen-bond donors (Lipinski definition) is 1. The summed E-state index contributed by atoms with van der Waals surface area (Å²) in [6, 6.07) is 0. The van der Waals surface area contributed by atoms with Gasteiger partial charge in [0.05, 0.1) is 4.47 Å². The maximum Gasteiger partial charge on any atom is 0.144 e. The first-order valence-electron chi connectivity index (χ1n) is 5.41. The summed E-state index contributed by atoms with van der Waals surface area (Å²) in [4.78, 5) is 7.75. The number of nitrogens with one attached hydrogen (secondary N) is 1. The predicted octanol–water partition coefficient (Wildman–Crippen LogP) is 3.63. The van der Waals surface area contributed by atoms with E-state index in [0.29, 0.717) is 4.64 Å². The van der Waals surface area contributed by atoms with Crippen LogP contribution in [0.15, 0.2) is 4.47 Å². The first kappa shape index (κ1) is 12.2. The van der Waals surface area contributed by atoms with E-state index in [1.807, 2.05) is 6.92 Å². The van der Waals surface area contributed by atoms with Gasteiger partial charge in [-0.15, -0.1) is 0 Å². The number of methoxy groups -OCH3 is 1. The number of nitrogens with zero attached hydrogens (tertiary/aromatic N) is 1. The fourth-order valence-electron chi connectivity index (χ4n) is 2.27. The highest BCUT2D eigenvalue weighted by molar-refractivity contribution is 9.10. The Morgan fingerprint density at radius 1 is 1.44 bits per heavy atom. The quantitative estimate of drug-likeness (QED) is 0.848. The number of hydrogen-bond acceptors (Lipinski definition) is 3. The lowest BCUT2D eigenvalue weighted by Gasteiger charge is -2.26. The largest absolute Gasteiger partial charge is 0.370 e. The van der Waals surface area contributed by atoms with Gasteiger partial charge < -0.3 is 9.72 Å². The van der Waals surface area contributed by atoms with Gasteiger partial charge in [0.25, 0.3) is 0 Å². The lowest BCUT2D eigenvalue weighted by molar-refractivity contribution is -0.0165. The van der Waals surface area contributed by atoms with Crippen molar-refractivity contribution in [1.82, 2.24) is 9.97 Å². The van der Waals surface area contributed by atoms with Gasteiger partial charge in [-0.2, -0.15) is 0 Å². The number of aryl methyl sites for hydroxylation is 1. The van der Waals surface area contributed by atoms with E-state index in [-0.39, 0.29) is 5.60 Å². The Labute approximate surface area is 109 Å². The lowest BCUT2D eigenvalue weighted by Crippen LogP contribution is -2.27. The van der Waals surface area contributed by atoms with E-state index < -0.39 is 0 Å². The highest BCUT2D eigenvalue weighted by Gasteiger charge is 2.38. The molecule has 3 nitrogen and oxygen atoms in total. The van der Waals surface area contributed by atoms with E-state index in [0.717, 1.165) is 28.8 Å². The van der Waals surface area contributed by atoms with Gasteiger partial charge in [0, 0.05) is 12.8 Å². The predicted molar refractivity (Wildman–Crippen MR) is 69.0 cm³/mol. The van der Waals surface area contributed by atoms with Crippen LogP contribution in [0.4, 0.5) is 0 Å². The molecule has 0 saturated heterocycles. The summed E-state index contributed by atoms with van der Waals surface area (Å²) in [5.41, 5.74) is 0.761. The molecule has 0 aliphatic heterocycles. The van der Waals surface area contributed by atoms with E-state index in [9.17, 15) is 0 Å². The molecule has 5 heteroatoms. The Morgan fingerprint density at radius 2 is 2.06 bits per heavy atom. The molecule has 1 saturated carbocycles. The lowest BCUT2D eigenvalue weighted by atomic mass is 10.0. The number of rotatable bonds is 2. The standard InChI is InChI=1S/C11H15BrN2OS/c1-7-8(12)9(16)14-10(13-7)11(15-2)5-3-4-6-11/h3-6H2,1-2H3,(H,13,14,16). The van der Waals surface area contributed by atoms with Gasteiger partial charge in [-0.25, -0.2) is 4.98 Å². The average molecular weight is 303 g/mol. The SMILES string of the molecule is COC1(c2nc(=S)c(Br)c(C)[nH]2)CCCC1. The van der Waals surface area contributed by atoms with Crippen LogP contribution in [0.25, 0.3) is 0 Å². The van der Waals surface area contributed by atoms with Crippen molar-refractivity contribution in [3.8, 4) is 0 Å². The van der Waals surface area contributed by atoms with Crippen molar-refractivity contribution < 1.29 is 4.74 Å². The van der Waals surface area contributed by atoms with Gasteiger partial charge in [-0.3, -0.25) is 0 Å². The van der Waals surface area contributed by atoms with Gasteiger partial charge in [0.2, 0.25) is 0 Å². The van der Waals surface area contributed by atoms with Crippen LogP contribution in [0.3, 0.4) is 0 Å². The summed E-state index contributed by atoms with van der Waals surface area (Å²) >= 11 is 8.65. The monoisotopic (exact) mass is 302 g/mol. The molecule has 1 aromatic heterocycles. The topological polar surface area (TPSA) is 37.9 Å². The zero-order chi connectivity index (χ0) is 11.8. The Kier molecular flexibility index (Phi) is 3.47. The summed E-state index contributed by atoms with van der Waals surface area (Å²) in [5, 5.41) is 0. The number of ether oxygens (including phenoxy) is 1. The minimum atomic E-state index is -0.251. The molecule has 2 rings (SSSR count). The van der Waals surface area contributed by atoms with E-state index in [4.69, 9.17) is 17.0 Å². The molecule has 1 aliphatic carbocycles. The number of aromatic nitrogens is 2. The number of halogens is 1. The second-order valence-electron chi connectivity index (χ2n) is 4.24. The normalized spacial score (nSPS) is 18.9. The highest BCUT2D eigenvalue weighted by Crippen LogP contribution is 2.40. The molecule has 0 amide bonds. The van der Waals surface area contributed by atoms with Gasteiger partial charge in [0.1, 0.15) is 16.1 Å². The van der Waals surface area contributed by atoms with Crippen LogP contribution in [0.2, 0.25) is 0 Å². The molecule has 1 aliphatic rings. The highest BCUT2D eigenvalue weighted by atomic mass is 79.9. The third kappa shape index (κ3) is 1.96. The van der Waals surface area contributed by atoms with E-state index in [1.54, 1.807) is 7.11 Å². The van der Waals surface area contributed by atoms with Crippen molar-refractivity contribution in [3.05, 3.63) is 20.6 Å². The van der Waals surface area contributed by atoms with Crippen molar-refractivity contribution in [2.75, 3.05) is 7.11 Å². The Balaban J connectivity index is 2.51. The molecule has 0 spiro atoms. The molecular formula is C11H15BrN2OS. The van der Waals surface area contributed by atoms with Crippen LogP contribution >= 0.6 is 28.1 Å². The van der Waals surface area contributed by atoms with E-state index in [1.165, 1.54) is 12.8 Å². The third-order valence-corrected chi connectivity index (χ3v) is 4.80. The average Bonchev–Trinajstić information content (AvgIpc) is 2.75. The first-order chi connectivity index (χ1) is 7.59. The minimum absolute atomic E-state index is 0.251. The molecule has 16 heavy (non-hydrogen) atoms. The summed E-state index contributed by atoms with van der Waals surface area (Å²) in [7, 11) is 1.75. The van der Waals surface area contributed by atoms with Crippen LogP contribution in [0, 0.1) is 11.6 Å². The first-order valence-corrected chi connectivity index (χ1v) is 6.61. The zero-order valence-electron chi connectivity index (χ0n) is 9.47. The fourth-order valence-corrected chi connectivity index (χ4v) is 2.70. The molecule has 1 heterocycles. The number of H-pyrrole nitrogens is 1. The smallest absolute Gasteiger partial charge is 0.144 e. The fraction of sp³-hybridized carbons (Fsp3) is 0.636. The molecule has 88 valence electrons. The van der Waals surface area contributed by atoms with Crippen LogP contribution < -0.4 is 0 Å². The third-order valence-electron chi connectivity index (χ3n) is 3.27. The summed E-state index contributed by atoms with van der Waals surface area (Å²) in [6.07, 6.45) is 4.40. The summed E-state index contributed by atoms with van der Waals surface area (Å²) in [6.45, 7) is 1.99. The van der Waals surface area contributed by atoms with E-state index >= 15 is 0 Å². The maximum absolute atomic E-state index is 5.68. The molecule has 0 atom stereocenters. The number of aromatic amines is 1. The Bertz CT molecular complexity index is 452. The van der Waals surface area contributed by atoms with E-state index in [2.05, 4.69) is 25.9 Å². The van der Waals surface area contributed by atoms with Crippen molar-refractivity contribution in [2.45, 2.75) is 38.2 Å². The molecule has 1 N–H and O–H groups in total. The van der Waals surface area contributed by atoms with Crippen molar-refractivity contribution in [1.29, 1.82) is 0 Å². The zero-order valence-corrected chi connectivity index (χ0v) is 11.9. The minimum Gasteiger partial charge on any atom is -0.370 e.